The number of urea groups is 1. The predicted molar refractivity (Wildman–Crippen MR) is 105 cm³/mol. The van der Waals surface area contributed by atoms with Gasteiger partial charge >= 0.3 is 6.03 Å². The van der Waals surface area contributed by atoms with Gasteiger partial charge in [0.25, 0.3) is 0 Å². The Bertz CT molecular complexity index is 929. The summed E-state index contributed by atoms with van der Waals surface area (Å²) in [5.41, 5.74) is 2.03. The molecule has 6 nitrogen and oxygen atoms in total. The molecule has 1 atom stereocenters. The van der Waals surface area contributed by atoms with E-state index in [1.165, 1.54) is 6.26 Å². The molecule has 0 aliphatic carbocycles. The van der Waals surface area contributed by atoms with Crippen molar-refractivity contribution in [2.75, 3.05) is 37.3 Å². The molecule has 0 saturated carbocycles. The fourth-order valence-corrected chi connectivity index (χ4v) is 4.47. The molecule has 142 valence electrons. The van der Waals surface area contributed by atoms with Crippen LogP contribution < -0.4 is 4.90 Å². The predicted octanol–water partition coefficient (Wildman–Crippen LogP) is 2.22. The Morgan fingerprint density at radius 3 is 2.33 bits per heavy atom. The van der Waals surface area contributed by atoms with E-state index in [1.807, 2.05) is 52.3 Å². The molecule has 2 heterocycles. The molecule has 2 aliphatic heterocycles. The van der Waals surface area contributed by atoms with Crippen molar-refractivity contribution in [2.45, 2.75) is 17.5 Å². The number of benzene rings is 2. The second-order valence-electron chi connectivity index (χ2n) is 7.23. The second-order valence-corrected chi connectivity index (χ2v) is 9.24. The Kier molecular flexibility index (Phi) is 4.65. The standard InChI is InChI=1S/C20H23N3O3S/c1-27(25,26)19-9-7-16(8-10-19)13-21-11-12-22-18(14-21)15-23(20(22)24)17-5-3-2-4-6-17/h2-10,18H,11-15H2,1H3/t18-/m1/s1. The lowest BCUT2D eigenvalue weighted by molar-refractivity contribution is 0.116. The number of fused-ring (bicyclic) bond motifs is 1. The summed E-state index contributed by atoms with van der Waals surface area (Å²) in [6.07, 6.45) is 1.22. The molecule has 2 saturated heterocycles. The van der Waals surface area contributed by atoms with Crippen LogP contribution in [0, 0.1) is 0 Å². The van der Waals surface area contributed by atoms with Gasteiger partial charge in [-0.15, -0.1) is 0 Å². The maximum absolute atomic E-state index is 12.7. The average Bonchev–Trinajstić information content (AvgIpc) is 2.98. The third-order valence-electron chi connectivity index (χ3n) is 5.26. The maximum atomic E-state index is 12.7. The van der Waals surface area contributed by atoms with Crippen LogP contribution in [-0.2, 0) is 16.4 Å². The fourth-order valence-electron chi connectivity index (χ4n) is 3.84. The van der Waals surface area contributed by atoms with Crippen LogP contribution in [0.5, 0.6) is 0 Å². The topological polar surface area (TPSA) is 60.9 Å². The van der Waals surface area contributed by atoms with E-state index < -0.39 is 9.84 Å². The molecular weight excluding hydrogens is 362 g/mol. The minimum absolute atomic E-state index is 0.0864. The average molecular weight is 385 g/mol. The van der Waals surface area contributed by atoms with Gasteiger partial charge in [-0.3, -0.25) is 9.80 Å². The first-order chi connectivity index (χ1) is 12.9. The van der Waals surface area contributed by atoms with Crippen molar-refractivity contribution < 1.29 is 13.2 Å². The highest BCUT2D eigenvalue weighted by atomic mass is 32.2. The quantitative estimate of drug-likeness (QED) is 0.810. The first-order valence-corrected chi connectivity index (χ1v) is 11.0. The SMILES string of the molecule is CS(=O)(=O)c1ccc(CN2CCN3C(=O)N(c4ccccc4)C[C@H]3C2)cc1. The van der Waals surface area contributed by atoms with Crippen molar-refractivity contribution in [2.24, 2.45) is 0 Å². The summed E-state index contributed by atoms with van der Waals surface area (Å²) in [6, 6.07) is 17.1. The van der Waals surface area contributed by atoms with Gasteiger partial charge in [0.1, 0.15) is 0 Å². The number of nitrogens with zero attached hydrogens (tertiary/aromatic N) is 3. The molecule has 2 amide bonds. The Hall–Kier alpha value is -2.38. The number of sulfone groups is 1. The van der Waals surface area contributed by atoms with Gasteiger partial charge < -0.3 is 4.90 Å². The zero-order valence-corrected chi connectivity index (χ0v) is 16.1. The lowest BCUT2D eigenvalue weighted by Gasteiger charge is -2.36. The highest BCUT2D eigenvalue weighted by Crippen LogP contribution is 2.26. The van der Waals surface area contributed by atoms with Crippen LogP contribution in [0.4, 0.5) is 10.5 Å². The number of carbonyl (C=O) groups is 1. The summed E-state index contributed by atoms with van der Waals surface area (Å²) in [5, 5.41) is 0. The Labute approximate surface area is 159 Å². The molecule has 0 bridgehead atoms. The number of para-hydroxylation sites is 1. The van der Waals surface area contributed by atoms with E-state index >= 15 is 0 Å². The first kappa shape index (κ1) is 18.0. The Balaban J connectivity index is 1.42. The molecule has 0 aromatic heterocycles. The monoisotopic (exact) mass is 385 g/mol. The highest BCUT2D eigenvalue weighted by Gasteiger charge is 2.41. The van der Waals surface area contributed by atoms with Crippen molar-refractivity contribution in [1.29, 1.82) is 0 Å². The molecule has 4 rings (SSSR count). The molecule has 2 aliphatic rings. The Morgan fingerprint density at radius 2 is 1.67 bits per heavy atom. The van der Waals surface area contributed by atoms with Crippen molar-refractivity contribution in [3.05, 3.63) is 60.2 Å². The second kappa shape index (κ2) is 6.98. The van der Waals surface area contributed by atoms with Gasteiger partial charge in [0, 0.05) is 44.7 Å². The van der Waals surface area contributed by atoms with Crippen LogP contribution in [0.1, 0.15) is 5.56 Å². The molecule has 2 aromatic carbocycles. The molecule has 27 heavy (non-hydrogen) atoms. The van der Waals surface area contributed by atoms with Gasteiger partial charge in [0.05, 0.1) is 10.9 Å². The number of piperazine rings is 1. The largest absolute Gasteiger partial charge is 0.324 e. The van der Waals surface area contributed by atoms with Crippen molar-refractivity contribution in [3.8, 4) is 0 Å². The van der Waals surface area contributed by atoms with Gasteiger partial charge in [0.15, 0.2) is 9.84 Å². The van der Waals surface area contributed by atoms with Crippen LogP contribution in [0.3, 0.4) is 0 Å². The van der Waals surface area contributed by atoms with Crippen LogP contribution in [0.2, 0.25) is 0 Å². The lowest BCUT2D eigenvalue weighted by atomic mass is 10.1. The van der Waals surface area contributed by atoms with Gasteiger partial charge in [-0.05, 0) is 29.8 Å². The number of carbonyl (C=O) groups excluding carboxylic acids is 1. The van der Waals surface area contributed by atoms with Crippen LogP contribution in [0.15, 0.2) is 59.5 Å². The van der Waals surface area contributed by atoms with Crippen LogP contribution in [0.25, 0.3) is 0 Å². The van der Waals surface area contributed by atoms with Gasteiger partial charge in [-0.25, -0.2) is 13.2 Å². The minimum atomic E-state index is -3.17. The zero-order valence-electron chi connectivity index (χ0n) is 15.3. The third kappa shape index (κ3) is 3.70. The smallest absolute Gasteiger partial charge is 0.317 e. The molecule has 2 aromatic rings. The maximum Gasteiger partial charge on any atom is 0.324 e. The molecule has 2 fully saturated rings. The summed E-state index contributed by atoms with van der Waals surface area (Å²) in [6.45, 7) is 3.82. The van der Waals surface area contributed by atoms with E-state index in [-0.39, 0.29) is 12.1 Å². The van der Waals surface area contributed by atoms with Crippen molar-refractivity contribution >= 4 is 21.6 Å². The van der Waals surface area contributed by atoms with Gasteiger partial charge in [-0.1, -0.05) is 30.3 Å². The van der Waals surface area contributed by atoms with E-state index in [0.717, 1.165) is 30.9 Å². The fraction of sp³-hybridized carbons (Fsp3) is 0.350. The van der Waals surface area contributed by atoms with E-state index in [2.05, 4.69) is 4.90 Å². The van der Waals surface area contributed by atoms with Gasteiger partial charge in [0.2, 0.25) is 0 Å². The first-order valence-electron chi connectivity index (χ1n) is 9.06. The van der Waals surface area contributed by atoms with E-state index in [1.54, 1.807) is 12.1 Å². The minimum Gasteiger partial charge on any atom is -0.317 e. The van der Waals surface area contributed by atoms with Crippen LogP contribution >= 0.6 is 0 Å². The highest BCUT2D eigenvalue weighted by molar-refractivity contribution is 7.90. The number of anilines is 1. The number of amides is 2. The zero-order chi connectivity index (χ0) is 19.0. The van der Waals surface area contributed by atoms with Gasteiger partial charge in [-0.2, -0.15) is 0 Å². The van der Waals surface area contributed by atoms with E-state index in [4.69, 9.17) is 0 Å². The van der Waals surface area contributed by atoms with Crippen molar-refractivity contribution in [1.82, 2.24) is 9.80 Å². The molecule has 0 N–H and O–H groups in total. The third-order valence-corrected chi connectivity index (χ3v) is 6.39. The molecule has 0 unspecified atom stereocenters. The van der Waals surface area contributed by atoms with E-state index in [0.29, 0.717) is 18.0 Å². The Morgan fingerprint density at radius 1 is 0.963 bits per heavy atom. The molecule has 7 heteroatoms. The number of hydrogen-bond donors (Lipinski definition) is 0. The van der Waals surface area contributed by atoms with E-state index in [9.17, 15) is 13.2 Å². The summed E-state index contributed by atoms with van der Waals surface area (Å²) < 4.78 is 23.2. The molecule has 0 spiro atoms. The summed E-state index contributed by atoms with van der Waals surface area (Å²) in [5.74, 6) is 0. The summed E-state index contributed by atoms with van der Waals surface area (Å²) >= 11 is 0. The lowest BCUT2D eigenvalue weighted by Crippen LogP contribution is -2.51. The summed E-state index contributed by atoms with van der Waals surface area (Å²) in [7, 11) is -3.17. The normalized spacial score (nSPS) is 20.8. The van der Waals surface area contributed by atoms with Crippen molar-refractivity contribution in [3.63, 3.8) is 0 Å². The number of hydrogen-bond acceptors (Lipinski definition) is 4. The molecule has 0 radical (unpaired) electrons. The molecular formula is C20H23N3O3S. The summed E-state index contributed by atoms with van der Waals surface area (Å²) in [4.78, 5) is 19.2. The van der Waals surface area contributed by atoms with Crippen LogP contribution in [-0.4, -0.2) is 62.7 Å². The number of rotatable bonds is 4.